The van der Waals surface area contributed by atoms with Gasteiger partial charge in [-0.15, -0.1) is 0 Å². The minimum atomic E-state index is -0.526. The van der Waals surface area contributed by atoms with Gasteiger partial charge in [0.1, 0.15) is 5.82 Å². The van der Waals surface area contributed by atoms with E-state index in [1.165, 1.54) is 31.0 Å². The molecule has 1 aromatic rings. The van der Waals surface area contributed by atoms with Crippen molar-refractivity contribution in [1.82, 2.24) is 5.32 Å². The van der Waals surface area contributed by atoms with Gasteiger partial charge in [-0.3, -0.25) is 9.59 Å². The first kappa shape index (κ1) is 17.2. The summed E-state index contributed by atoms with van der Waals surface area (Å²) in [7, 11) is 0. The Morgan fingerprint density at radius 3 is 2.38 bits per heavy atom. The number of hydrogen-bond donors (Lipinski definition) is 2. The molecule has 2 N–H and O–H groups in total. The molecular formula is C18H22ClFN2O2. The number of halogens is 2. The highest BCUT2D eigenvalue weighted by atomic mass is 35.5. The Kier molecular flexibility index (Phi) is 5.39. The number of carbonyl (C=O) groups excluding carboxylic acids is 2. The second kappa shape index (κ2) is 7.51. The maximum absolute atomic E-state index is 13.1. The van der Waals surface area contributed by atoms with E-state index >= 15 is 0 Å². The molecule has 2 saturated carbocycles. The molecule has 2 atom stereocenters. The van der Waals surface area contributed by atoms with Crippen LogP contribution in [0.5, 0.6) is 0 Å². The minimum Gasteiger partial charge on any atom is -0.353 e. The lowest BCUT2D eigenvalue weighted by Gasteiger charge is -2.16. The molecule has 2 aliphatic carbocycles. The van der Waals surface area contributed by atoms with Gasteiger partial charge in [0.25, 0.3) is 0 Å². The van der Waals surface area contributed by atoms with Crippen molar-refractivity contribution in [3.8, 4) is 0 Å². The summed E-state index contributed by atoms with van der Waals surface area (Å²) in [6, 6.07) is 4.29. The molecule has 6 heteroatoms. The zero-order valence-electron chi connectivity index (χ0n) is 13.5. The molecule has 2 unspecified atom stereocenters. The van der Waals surface area contributed by atoms with E-state index in [4.69, 9.17) is 11.6 Å². The summed E-state index contributed by atoms with van der Waals surface area (Å²) in [6.07, 6.45) is 7.42. The predicted molar refractivity (Wildman–Crippen MR) is 91.3 cm³/mol. The summed E-state index contributed by atoms with van der Waals surface area (Å²) in [6.45, 7) is 0. The number of carbonyl (C=O) groups is 2. The van der Waals surface area contributed by atoms with E-state index in [1.807, 2.05) is 0 Å². The molecule has 0 saturated heterocycles. The number of benzene rings is 1. The van der Waals surface area contributed by atoms with Gasteiger partial charge in [-0.05, 0) is 37.5 Å². The summed E-state index contributed by atoms with van der Waals surface area (Å²) >= 11 is 5.70. The van der Waals surface area contributed by atoms with Crippen LogP contribution in [0.4, 0.5) is 10.1 Å². The predicted octanol–water partition coefficient (Wildman–Crippen LogP) is 3.89. The first-order valence-corrected chi connectivity index (χ1v) is 8.98. The average molecular weight is 353 g/mol. The summed E-state index contributed by atoms with van der Waals surface area (Å²) in [4.78, 5) is 24.5. The second-order valence-electron chi connectivity index (χ2n) is 6.76. The van der Waals surface area contributed by atoms with Crippen LogP contribution in [0.2, 0.25) is 5.02 Å². The molecule has 4 nitrogen and oxygen atoms in total. The lowest BCUT2D eigenvalue weighted by atomic mass is 10.1. The Balaban J connectivity index is 1.49. The minimum absolute atomic E-state index is 0.0146. The van der Waals surface area contributed by atoms with Crippen molar-refractivity contribution in [1.29, 1.82) is 0 Å². The van der Waals surface area contributed by atoms with Gasteiger partial charge in [0.2, 0.25) is 11.8 Å². The molecule has 0 heterocycles. The molecule has 0 spiro atoms. The Hall–Kier alpha value is -1.62. The van der Waals surface area contributed by atoms with Gasteiger partial charge in [0.15, 0.2) is 0 Å². The summed E-state index contributed by atoms with van der Waals surface area (Å²) < 4.78 is 13.1. The molecule has 0 bridgehead atoms. The monoisotopic (exact) mass is 352 g/mol. The van der Waals surface area contributed by atoms with Gasteiger partial charge in [-0.25, -0.2) is 4.39 Å². The highest BCUT2D eigenvalue weighted by molar-refractivity contribution is 6.31. The van der Waals surface area contributed by atoms with Crippen molar-refractivity contribution in [3.05, 3.63) is 29.0 Å². The lowest BCUT2D eigenvalue weighted by molar-refractivity contribution is -0.125. The largest absolute Gasteiger partial charge is 0.353 e. The Morgan fingerprint density at radius 2 is 1.71 bits per heavy atom. The molecular weight excluding hydrogens is 331 g/mol. The molecule has 2 amide bonds. The number of rotatable bonds is 4. The van der Waals surface area contributed by atoms with Gasteiger partial charge >= 0.3 is 0 Å². The van der Waals surface area contributed by atoms with Gasteiger partial charge in [0, 0.05) is 11.7 Å². The summed E-state index contributed by atoms with van der Waals surface area (Å²) in [5.74, 6) is -1.30. The van der Waals surface area contributed by atoms with Crippen molar-refractivity contribution < 1.29 is 14.0 Å². The normalized spacial score (nSPS) is 24.1. The highest BCUT2D eigenvalue weighted by Crippen LogP contribution is 2.40. The maximum Gasteiger partial charge on any atom is 0.228 e. The molecule has 2 fully saturated rings. The SMILES string of the molecule is O=C(Nc1ccc(F)c(Cl)c1)C1CC1C(=O)NC1CCCCCC1. The fourth-order valence-corrected chi connectivity index (χ4v) is 3.50. The fraction of sp³-hybridized carbons (Fsp3) is 0.556. The smallest absolute Gasteiger partial charge is 0.228 e. The van der Waals surface area contributed by atoms with Crippen LogP contribution in [0.3, 0.4) is 0 Å². The third-order valence-electron chi connectivity index (χ3n) is 4.85. The second-order valence-corrected chi connectivity index (χ2v) is 7.17. The van der Waals surface area contributed by atoms with E-state index in [0.717, 1.165) is 25.7 Å². The fourth-order valence-electron chi connectivity index (χ4n) is 3.32. The maximum atomic E-state index is 13.1. The zero-order valence-corrected chi connectivity index (χ0v) is 14.2. The van der Waals surface area contributed by atoms with Crippen LogP contribution in [-0.2, 0) is 9.59 Å². The van der Waals surface area contributed by atoms with Crippen molar-refractivity contribution in [2.75, 3.05) is 5.32 Å². The van der Waals surface area contributed by atoms with E-state index in [2.05, 4.69) is 10.6 Å². The molecule has 24 heavy (non-hydrogen) atoms. The molecule has 2 aliphatic rings. The Labute approximate surface area is 146 Å². The van der Waals surface area contributed by atoms with Crippen LogP contribution < -0.4 is 10.6 Å². The Morgan fingerprint density at radius 1 is 1.04 bits per heavy atom. The lowest BCUT2D eigenvalue weighted by Crippen LogP contribution is -2.36. The molecule has 0 aromatic heterocycles. The van der Waals surface area contributed by atoms with E-state index in [9.17, 15) is 14.0 Å². The van der Waals surface area contributed by atoms with Crippen LogP contribution in [-0.4, -0.2) is 17.9 Å². The first-order valence-electron chi connectivity index (χ1n) is 8.61. The van der Waals surface area contributed by atoms with E-state index < -0.39 is 5.82 Å². The van der Waals surface area contributed by atoms with Crippen LogP contribution in [0.15, 0.2) is 18.2 Å². The topological polar surface area (TPSA) is 58.2 Å². The zero-order chi connectivity index (χ0) is 17.1. The van der Waals surface area contributed by atoms with Gasteiger partial charge in [-0.2, -0.15) is 0 Å². The van der Waals surface area contributed by atoms with E-state index in [-0.39, 0.29) is 34.7 Å². The molecule has 0 radical (unpaired) electrons. The average Bonchev–Trinajstić information content (AvgIpc) is 3.35. The molecule has 3 rings (SSSR count). The summed E-state index contributed by atoms with van der Waals surface area (Å²) in [5, 5.41) is 5.76. The number of nitrogens with one attached hydrogen (secondary N) is 2. The van der Waals surface area contributed by atoms with Crippen molar-refractivity contribution >= 4 is 29.1 Å². The molecule has 130 valence electrons. The van der Waals surface area contributed by atoms with Crippen LogP contribution in [0.25, 0.3) is 0 Å². The first-order chi connectivity index (χ1) is 11.5. The Bertz CT molecular complexity index is 629. The van der Waals surface area contributed by atoms with Crippen LogP contribution in [0.1, 0.15) is 44.9 Å². The van der Waals surface area contributed by atoms with Crippen molar-refractivity contribution in [2.45, 2.75) is 51.0 Å². The third kappa shape index (κ3) is 4.26. The van der Waals surface area contributed by atoms with Crippen LogP contribution in [0, 0.1) is 17.7 Å². The molecule has 0 aliphatic heterocycles. The van der Waals surface area contributed by atoms with Gasteiger partial charge < -0.3 is 10.6 Å². The summed E-state index contributed by atoms with van der Waals surface area (Å²) in [5.41, 5.74) is 0.446. The van der Waals surface area contributed by atoms with Crippen molar-refractivity contribution in [2.24, 2.45) is 11.8 Å². The van der Waals surface area contributed by atoms with Gasteiger partial charge in [0.05, 0.1) is 16.9 Å². The standard InChI is InChI=1S/C18H22ClFN2O2/c19-15-9-12(7-8-16(15)20)22-18(24)14-10-13(14)17(23)21-11-5-3-1-2-4-6-11/h7-9,11,13-14H,1-6,10H2,(H,21,23)(H,22,24). The quantitative estimate of drug-likeness (QED) is 0.807. The van der Waals surface area contributed by atoms with E-state index in [0.29, 0.717) is 12.1 Å². The number of hydrogen-bond acceptors (Lipinski definition) is 2. The third-order valence-corrected chi connectivity index (χ3v) is 5.14. The van der Waals surface area contributed by atoms with Crippen molar-refractivity contribution in [3.63, 3.8) is 0 Å². The number of anilines is 1. The number of amides is 2. The molecule has 1 aromatic carbocycles. The van der Waals surface area contributed by atoms with Crippen LogP contribution >= 0.6 is 11.6 Å². The van der Waals surface area contributed by atoms with E-state index in [1.54, 1.807) is 0 Å². The van der Waals surface area contributed by atoms with Gasteiger partial charge in [-0.1, -0.05) is 37.3 Å². The highest BCUT2D eigenvalue weighted by Gasteiger charge is 2.48.